The highest BCUT2D eigenvalue weighted by molar-refractivity contribution is 6.17. The molecule has 0 spiro atoms. The topological polar surface area (TPSA) is 61.7 Å². The molecule has 10 aromatic carbocycles. The maximum atomic E-state index is 6.68. The second-order valence-corrected chi connectivity index (χ2v) is 17.2. The van der Waals surface area contributed by atoms with Gasteiger partial charge in [0.1, 0.15) is 11.2 Å². The first-order valence-electron chi connectivity index (χ1n) is 22.6. The van der Waals surface area contributed by atoms with Crippen LogP contribution in [-0.2, 0) is 0 Å². The molecule has 6 heteroatoms. The molecule has 0 bridgehead atoms. The summed E-state index contributed by atoms with van der Waals surface area (Å²) in [5.74, 6) is 1.69. The van der Waals surface area contributed by atoms with Crippen molar-refractivity contribution >= 4 is 76.3 Å². The summed E-state index contributed by atoms with van der Waals surface area (Å²) < 4.78 is 11.4. The van der Waals surface area contributed by atoms with Gasteiger partial charge < -0.3 is 13.6 Å². The highest BCUT2D eigenvalue weighted by Gasteiger charge is 2.24. The average Bonchev–Trinajstić information content (AvgIpc) is 4.05. The number of aromatic nitrogens is 5. The molecule has 0 fully saturated rings. The lowest BCUT2D eigenvalue weighted by Crippen LogP contribution is -2.04. The summed E-state index contributed by atoms with van der Waals surface area (Å²) in [5.41, 5.74) is 12.8. The molecule has 0 radical (unpaired) electrons. The molecular formula is C61H37N5O. The molecule has 0 atom stereocenters. The zero-order valence-electron chi connectivity index (χ0n) is 36.0. The van der Waals surface area contributed by atoms with Gasteiger partial charge in [0.2, 0.25) is 0 Å². The molecule has 6 nitrogen and oxygen atoms in total. The Kier molecular flexibility index (Phi) is 8.18. The summed E-state index contributed by atoms with van der Waals surface area (Å²) in [5, 5.41) is 8.97. The third-order valence-electron chi connectivity index (χ3n) is 13.3. The third-order valence-corrected chi connectivity index (χ3v) is 13.3. The molecular weight excluding hydrogens is 819 g/mol. The highest BCUT2D eigenvalue weighted by atomic mass is 16.3. The molecule has 0 N–H and O–H groups in total. The molecule has 0 unspecified atom stereocenters. The lowest BCUT2D eigenvalue weighted by Gasteiger charge is -2.16. The Balaban J connectivity index is 1.10. The van der Waals surface area contributed by atoms with Crippen LogP contribution in [0.1, 0.15) is 0 Å². The van der Waals surface area contributed by atoms with Crippen LogP contribution in [0.3, 0.4) is 0 Å². The van der Waals surface area contributed by atoms with E-state index >= 15 is 0 Å². The van der Waals surface area contributed by atoms with E-state index in [-0.39, 0.29) is 0 Å². The van der Waals surface area contributed by atoms with Gasteiger partial charge in [0.15, 0.2) is 17.5 Å². The van der Waals surface area contributed by atoms with Crippen LogP contribution in [0.15, 0.2) is 229 Å². The summed E-state index contributed by atoms with van der Waals surface area (Å²) >= 11 is 0. The van der Waals surface area contributed by atoms with E-state index in [9.17, 15) is 0 Å². The van der Waals surface area contributed by atoms with Crippen molar-refractivity contribution in [2.45, 2.75) is 0 Å². The van der Waals surface area contributed by atoms with Crippen LogP contribution in [0.25, 0.3) is 133 Å². The lowest BCUT2D eigenvalue weighted by atomic mass is 10.0. The van der Waals surface area contributed by atoms with E-state index in [1.807, 2.05) is 18.2 Å². The Labute approximate surface area is 384 Å². The Bertz CT molecular complexity index is 4280. The molecule has 14 rings (SSSR count). The highest BCUT2D eigenvalue weighted by Crippen LogP contribution is 2.43. The first-order valence-corrected chi connectivity index (χ1v) is 22.6. The molecule has 67 heavy (non-hydrogen) atoms. The second-order valence-electron chi connectivity index (χ2n) is 17.2. The van der Waals surface area contributed by atoms with E-state index in [0.717, 1.165) is 94.0 Å². The summed E-state index contributed by atoms with van der Waals surface area (Å²) in [4.78, 5) is 16.5. The van der Waals surface area contributed by atoms with Gasteiger partial charge in [0.25, 0.3) is 0 Å². The summed E-state index contributed by atoms with van der Waals surface area (Å²) in [6.07, 6.45) is 0. The van der Waals surface area contributed by atoms with E-state index in [1.165, 1.54) is 21.5 Å². The molecule has 0 saturated heterocycles. The Morgan fingerprint density at radius 1 is 0.313 bits per heavy atom. The van der Waals surface area contributed by atoms with Crippen LogP contribution >= 0.6 is 0 Å². The van der Waals surface area contributed by atoms with Gasteiger partial charge in [-0.05, 0) is 88.6 Å². The molecule has 0 aliphatic rings. The second kappa shape index (κ2) is 14.7. The van der Waals surface area contributed by atoms with Crippen LogP contribution in [0.4, 0.5) is 0 Å². The maximum Gasteiger partial charge on any atom is 0.166 e. The molecule has 312 valence electrons. The molecule has 0 amide bonds. The number of benzene rings is 10. The van der Waals surface area contributed by atoms with Gasteiger partial charge in [-0.3, -0.25) is 0 Å². The predicted octanol–water partition coefficient (Wildman–Crippen LogP) is 15.8. The lowest BCUT2D eigenvalue weighted by molar-refractivity contribution is 0.669. The first kappa shape index (κ1) is 37.3. The Morgan fingerprint density at radius 3 is 1.73 bits per heavy atom. The summed E-state index contributed by atoms with van der Waals surface area (Å²) in [6, 6.07) is 79.1. The van der Waals surface area contributed by atoms with Crippen molar-refractivity contribution in [2.75, 3.05) is 0 Å². The van der Waals surface area contributed by atoms with Crippen LogP contribution in [-0.4, -0.2) is 24.1 Å². The molecule has 4 aromatic heterocycles. The van der Waals surface area contributed by atoms with Crippen molar-refractivity contribution in [2.24, 2.45) is 0 Å². The van der Waals surface area contributed by atoms with Crippen molar-refractivity contribution < 1.29 is 4.42 Å². The minimum Gasteiger partial charge on any atom is -0.456 e. The van der Waals surface area contributed by atoms with Gasteiger partial charge >= 0.3 is 0 Å². The molecule has 0 aliphatic heterocycles. The monoisotopic (exact) mass is 855 g/mol. The average molecular weight is 856 g/mol. The fraction of sp³-hybridized carbons (Fsp3) is 0. The zero-order valence-corrected chi connectivity index (χ0v) is 36.0. The molecule has 0 aliphatic carbocycles. The number of rotatable bonds is 6. The standard InChI is InChI=1S/C61H37N5O/c1-3-17-38(18-4-1)39-21-15-22-42(33-39)59-62-60(47-28-16-31-53-58(47)46-27-10-13-30-52(46)65(53)43-23-5-2-6-24-43)64-61(63-59)50-37-57-49(45-26-11-14-32-56(45)67-57)36-55(50)66-51-29-12-9-25-44(51)48-34-40-19-7-8-20-41(40)35-54(48)66/h1-37H. The van der Waals surface area contributed by atoms with Crippen LogP contribution < -0.4 is 0 Å². The van der Waals surface area contributed by atoms with Crippen molar-refractivity contribution in [1.29, 1.82) is 0 Å². The number of para-hydroxylation sites is 4. The number of fused-ring (bicyclic) bond motifs is 10. The van der Waals surface area contributed by atoms with Crippen LogP contribution in [0, 0.1) is 0 Å². The first-order chi connectivity index (χ1) is 33.2. The largest absolute Gasteiger partial charge is 0.456 e. The zero-order chi connectivity index (χ0) is 44.0. The van der Waals surface area contributed by atoms with Gasteiger partial charge in [0, 0.05) is 54.7 Å². The number of hydrogen-bond acceptors (Lipinski definition) is 4. The normalized spacial score (nSPS) is 11.9. The van der Waals surface area contributed by atoms with Gasteiger partial charge in [-0.25, -0.2) is 15.0 Å². The third kappa shape index (κ3) is 5.86. The molecule has 4 heterocycles. The minimum atomic E-state index is 0.540. The van der Waals surface area contributed by atoms with Gasteiger partial charge in [0.05, 0.1) is 27.8 Å². The number of hydrogen-bond donors (Lipinski definition) is 0. The van der Waals surface area contributed by atoms with Crippen molar-refractivity contribution in [1.82, 2.24) is 24.1 Å². The Hall–Kier alpha value is -9.13. The van der Waals surface area contributed by atoms with Gasteiger partial charge in [-0.15, -0.1) is 0 Å². The van der Waals surface area contributed by atoms with Crippen molar-refractivity contribution in [3.63, 3.8) is 0 Å². The van der Waals surface area contributed by atoms with E-state index in [1.54, 1.807) is 0 Å². The minimum absolute atomic E-state index is 0.540. The molecule has 0 saturated carbocycles. The number of furan rings is 1. The maximum absolute atomic E-state index is 6.68. The van der Waals surface area contributed by atoms with Crippen LogP contribution in [0.5, 0.6) is 0 Å². The van der Waals surface area contributed by atoms with E-state index in [2.05, 4.69) is 215 Å². The van der Waals surface area contributed by atoms with Crippen LogP contribution in [0.2, 0.25) is 0 Å². The van der Waals surface area contributed by atoms with Gasteiger partial charge in [-0.1, -0.05) is 158 Å². The predicted molar refractivity (Wildman–Crippen MR) is 275 cm³/mol. The quantitative estimate of drug-likeness (QED) is 0.167. The van der Waals surface area contributed by atoms with E-state index in [0.29, 0.717) is 17.5 Å². The van der Waals surface area contributed by atoms with Gasteiger partial charge in [-0.2, -0.15) is 0 Å². The summed E-state index contributed by atoms with van der Waals surface area (Å²) in [6.45, 7) is 0. The van der Waals surface area contributed by atoms with E-state index < -0.39 is 0 Å². The molecule has 14 aromatic rings. The summed E-state index contributed by atoms with van der Waals surface area (Å²) in [7, 11) is 0. The number of nitrogens with zero attached hydrogens (tertiary/aromatic N) is 5. The van der Waals surface area contributed by atoms with E-state index in [4.69, 9.17) is 19.4 Å². The fourth-order valence-electron chi connectivity index (χ4n) is 10.3. The van der Waals surface area contributed by atoms with Crippen molar-refractivity contribution in [3.05, 3.63) is 224 Å². The Morgan fingerprint density at radius 2 is 0.910 bits per heavy atom. The SMILES string of the molecule is c1ccc(-c2cccc(-c3nc(-c4cc5oc6ccccc6c5cc4-n4c5ccccc5c5cc6ccccc6cc54)nc(-c4cccc5c4c4ccccc4n5-c4ccccc4)n3)c2)cc1. The smallest absolute Gasteiger partial charge is 0.166 e. The van der Waals surface area contributed by atoms with Crippen molar-refractivity contribution in [3.8, 4) is 56.7 Å². The fourth-order valence-corrected chi connectivity index (χ4v) is 10.3.